The third kappa shape index (κ3) is 1.98. The number of rotatable bonds is 2. The molecule has 1 aliphatic rings. The molecule has 0 aromatic carbocycles. The molecule has 5 heteroatoms. The van der Waals surface area contributed by atoms with E-state index < -0.39 is 0 Å². The van der Waals surface area contributed by atoms with E-state index in [9.17, 15) is 0 Å². The molecule has 1 saturated heterocycles. The molecule has 1 aliphatic heterocycles. The number of nitrogens with zero attached hydrogens (tertiary/aromatic N) is 2. The summed E-state index contributed by atoms with van der Waals surface area (Å²) < 4.78 is 11.0. The quantitative estimate of drug-likeness (QED) is 0.902. The largest absolute Gasteiger partial charge is 0.481 e. The molecule has 0 amide bonds. The maximum absolute atomic E-state index is 5.88. The molecule has 0 saturated carbocycles. The lowest BCUT2D eigenvalue weighted by Gasteiger charge is -2.15. The van der Waals surface area contributed by atoms with Gasteiger partial charge in [0.05, 0.1) is 24.8 Å². The minimum atomic E-state index is 0.174. The van der Waals surface area contributed by atoms with Gasteiger partial charge in [-0.25, -0.2) is 4.98 Å². The van der Waals surface area contributed by atoms with Crippen molar-refractivity contribution in [2.24, 2.45) is 5.92 Å². The molecule has 5 nitrogen and oxygen atoms in total. The van der Waals surface area contributed by atoms with E-state index in [0.717, 1.165) is 11.3 Å². The Kier molecular flexibility index (Phi) is 2.93. The summed E-state index contributed by atoms with van der Waals surface area (Å²) in [6.07, 6.45) is 0.433. The van der Waals surface area contributed by atoms with Gasteiger partial charge in [-0.05, 0) is 25.8 Å². The second-order valence-corrected chi connectivity index (χ2v) is 5.28. The first kappa shape index (κ1) is 12.4. The van der Waals surface area contributed by atoms with Gasteiger partial charge in [0.2, 0.25) is 5.88 Å². The normalized spacial score (nSPS) is 30.9. The number of nitrogens with one attached hydrogen (secondary N) is 1. The highest BCUT2D eigenvalue weighted by molar-refractivity contribution is 5.71. The first-order valence-corrected chi connectivity index (χ1v) is 6.66. The lowest BCUT2D eigenvalue weighted by atomic mass is 9.89. The topological polar surface area (TPSA) is 60.0 Å². The zero-order chi connectivity index (χ0) is 13.6. The van der Waals surface area contributed by atoms with Crippen molar-refractivity contribution < 1.29 is 9.47 Å². The monoisotopic (exact) mass is 261 g/mol. The van der Waals surface area contributed by atoms with Crippen LogP contribution in [0.3, 0.4) is 0 Å². The number of methoxy groups -OCH3 is 1. The van der Waals surface area contributed by atoms with Gasteiger partial charge in [0.25, 0.3) is 0 Å². The highest BCUT2D eigenvalue weighted by Gasteiger charge is 2.39. The van der Waals surface area contributed by atoms with Gasteiger partial charge in [0.1, 0.15) is 5.82 Å². The van der Waals surface area contributed by atoms with Gasteiger partial charge in [-0.15, -0.1) is 0 Å². The number of hydrogen-bond acceptors (Lipinski definition) is 4. The number of pyridine rings is 1. The Morgan fingerprint density at radius 3 is 2.58 bits per heavy atom. The van der Waals surface area contributed by atoms with E-state index in [1.807, 2.05) is 12.1 Å². The Hall–Kier alpha value is -1.62. The third-order valence-corrected chi connectivity index (χ3v) is 4.11. The van der Waals surface area contributed by atoms with Crippen molar-refractivity contribution in [3.05, 3.63) is 18.0 Å². The molecule has 1 fully saturated rings. The van der Waals surface area contributed by atoms with Crippen LogP contribution in [0.4, 0.5) is 0 Å². The van der Waals surface area contributed by atoms with Crippen LogP contribution < -0.4 is 4.74 Å². The van der Waals surface area contributed by atoms with E-state index in [1.54, 1.807) is 7.11 Å². The number of imidazole rings is 1. The van der Waals surface area contributed by atoms with Crippen LogP contribution in [-0.4, -0.2) is 34.3 Å². The fourth-order valence-electron chi connectivity index (χ4n) is 2.90. The molecule has 4 unspecified atom stereocenters. The lowest BCUT2D eigenvalue weighted by Crippen LogP contribution is -2.16. The molecule has 102 valence electrons. The zero-order valence-corrected chi connectivity index (χ0v) is 11.7. The first-order valence-electron chi connectivity index (χ1n) is 6.66. The average molecular weight is 261 g/mol. The number of ether oxygens (including phenoxy) is 2. The maximum Gasteiger partial charge on any atom is 0.215 e. The van der Waals surface area contributed by atoms with E-state index in [4.69, 9.17) is 9.47 Å². The highest BCUT2D eigenvalue weighted by atomic mass is 16.5. The zero-order valence-electron chi connectivity index (χ0n) is 11.7. The summed E-state index contributed by atoms with van der Waals surface area (Å²) in [4.78, 5) is 12.3. The molecule has 2 aromatic rings. The lowest BCUT2D eigenvalue weighted by molar-refractivity contribution is 0.0554. The van der Waals surface area contributed by atoms with Crippen LogP contribution >= 0.6 is 0 Å². The van der Waals surface area contributed by atoms with Crippen LogP contribution in [0.2, 0.25) is 0 Å². The molecule has 3 heterocycles. The summed E-state index contributed by atoms with van der Waals surface area (Å²) in [5.41, 5.74) is 1.64. The molecule has 2 aromatic heterocycles. The summed E-state index contributed by atoms with van der Waals surface area (Å²) in [6, 6.07) is 3.79. The van der Waals surface area contributed by atoms with Gasteiger partial charge in [0.15, 0.2) is 5.65 Å². The molecule has 0 aliphatic carbocycles. The molecule has 3 rings (SSSR count). The second kappa shape index (κ2) is 4.49. The van der Waals surface area contributed by atoms with Gasteiger partial charge in [-0.1, -0.05) is 6.92 Å². The van der Waals surface area contributed by atoms with Crippen molar-refractivity contribution in [3.63, 3.8) is 0 Å². The summed E-state index contributed by atoms with van der Waals surface area (Å²) >= 11 is 0. The molecule has 0 bridgehead atoms. The molecular formula is C14H19N3O2. The number of aromatic amines is 1. The Balaban J connectivity index is 2.01. The minimum Gasteiger partial charge on any atom is -0.481 e. The van der Waals surface area contributed by atoms with E-state index in [1.165, 1.54) is 0 Å². The van der Waals surface area contributed by atoms with Crippen molar-refractivity contribution >= 4 is 11.2 Å². The van der Waals surface area contributed by atoms with Crippen molar-refractivity contribution in [2.45, 2.75) is 38.9 Å². The SMILES string of the molecule is COc1ccc2[nH]c(C3C(C)OC(C)C3C)nc2n1. The molecule has 0 radical (unpaired) electrons. The van der Waals surface area contributed by atoms with E-state index in [0.29, 0.717) is 17.4 Å². The fraction of sp³-hybridized carbons (Fsp3) is 0.571. The van der Waals surface area contributed by atoms with Crippen molar-refractivity contribution in [3.8, 4) is 5.88 Å². The predicted molar refractivity (Wildman–Crippen MR) is 72.4 cm³/mol. The standard InChI is InChI=1S/C14H19N3O2/c1-7-8(2)19-9(3)12(7)14-15-10-5-6-11(18-4)16-13(10)17-14/h5-9,12H,1-4H3,(H,15,16,17). The van der Waals surface area contributed by atoms with Crippen LogP contribution in [0.25, 0.3) is 11.2 Å². The van der Waals surface area contributed by atoms with Crippen molar-refractivity contribution in [1.82, 2.24) is 15.0 Å². The molecule has 19 heavy (non-hydrogen) atoms. The Labute approximate surface area is 112 Å². The number of hydrogen-bond donors (Lipinski definition) is 1. The van der Waals surface area contributed by atoms with Gasteiger partial charge in [0, 0.05) is 12.0 Å². The number of fused-ring (bicyclic) bond motifs is 1. The minimum absolute atomic E-state index is 0.174. The number of aromatic nitrogens is 3. The summed E-state index contributed by atoms with van der Waals surface area (Å²) in [5.74, 6) is 2.27. The summed E-state index contributed by atoms with van der Waals surface area (Å²) in [7, 11) is 1.61. The molecule has 1 N–H and O–H groups in total. The van der Waals surface area contributed by atoms with Crippen LogP contribution in [0.5, 0.6) is 5.88 Å². The maximum atomic E-state index is 5.88. The van der Waals surface area contributed by atoms with E-state index in [-0.39, 0.29) is 18.1 Å². The van der Waals surface area contributed by atoms with Crippen LogP contribution in [-0.2, 0) is 4.74 Å². The van der Waals surface area contributed by atoms with Crippen molar-refractivity contribution in [1.29, 1.82) is 0 Å². The van der Waals surface area contributed by atoms with Gasteiger partial charge in [-0.2, -0.15) is 4.98 Å². The van der Waals surface area contributed by atoms with Crippen LogP contribution in [0, 0.1) is 5.92 Å². The smallest absolute Gasteiger partial charge is 0.215 e. The molecular weight excluding hydrogens is 242 g/mol. The van der Waals surface area contributed by atoms with Gasteiger partial charge >= 0.3 is 0 Å². The van der Waals surface area contributed by atoms with Crippen LogP contribution in [0.15, 0.2) is 12.1 Å². The third-order valence-electron chi connectivity index (χ3n) is 4.11. The van der Waals surface area contributed by atoms with Crippen molar-refractivity contribution in [2.75, 3.05) is 7.11 Å². The van der Waals surface area contributed by atoms with Crippen LogP contribution in [0.1, 0.15) is 32.5 Å². The summed E-state index contributed by atoms with van der Waals surface area (Å²) in [6.45, 7) is 6.43. The van der Waals surface area contributed by atoms with Gasteiger partial charge in [-0.3, -0.25) is 0 Å². The average Bonchev–Trinajstić information content (AvgIpc) is 2.90. The summed E-state index contributed by atoms with van der Waals surface area (Å²) in [5, 5.41) is 0. The Morgan fingerprint density at radius 1 is 1.16 bits per heavy atom. The second-order valence-electron chi connectivity index (χ2n) is 5.28. The first-order chi connectivity index (χ1) is 9.10. The predicted octanol–water partition coefficient (Wildman–Crippen LogP) is 2.49. The Morgan fingerprint density at radius 2 is 1.95 bits per heavy atom. The van der Waals surface area contributed by atoms with E-state index >= 15 is 0 Å². The van der Waals surface area contributed by atoms with E-state index in [2.05, 4.69) is 35.7 Å². The Bertz CT molecular complexity index is 595. The highest BCUT2D eigenvalue weighted by Crippen LogP contribution is 2.39. The van der Waals surface area contributed by atoms with Gasteiger partial charge < -0.3 is 14.5 Å². The molecule has 0 spiro atoms. The fourth-order valence-corrected chi connectivity index (χ4v) is 2.90. The molecule has 4 atom stereocenters. The number of H-pyrrole nitrogens is 1.